The summed E-state index contributed by atoms with van der Waals surface area (Å²) in [4.78, 5) is 9.58. The molecule has 0 aliphatic rings. The molecule has 0 aromatic carbocycles. The van der Waals surface area contributed by atoms with Crippen LogP contribution >= 0.6 is 0 Å². The van der Waals surface area contributed by atoms with E-state index >= 15 is 0 Å². The fourth-order valence-corrected chi connectivity index (χ4v) is 0. The summed E-state index contributed by atoms with van der Waals surface area (Å²) in [6.07, 6.45) is 0. The molecule has 0 aromatic rings. The summed E-state index contributed by atoms with van der Waals surface area (Å²) < 4.78 is 0. The second-order valence-corrected chi connectivity index (χ2v) is 0.701. The van der Waals surface area contributed by atoms with E-state index in [4.69, 9.17) is 0 Å². The number of hydrogen-bond donors (Lipinski definition) is 2. The molecule has 0 heterocycles. The summed E-state index contributed by atoms with van der Waals surface area (Å²) in [5.74, 6) is 4.35. The van der Waals surface area contributed by atoms with Gasteiger partial charge in [-0.2, -0.15) is 0 Å². The van der Waals surface area contributed by atoms with Crippen LogP contribution in [-0.2, 0) is 0 Å². The SMILES string of the molecule is BC(=O)NN. The van der Waals surface area contributed by atoms with Gasteiger partial charge in [-0.05, 0) is 0 Å². The molecule has 0 radical (unpaired) electrons. The Hall–Kier alpha value is -0.505. The molecule has 0 spiro atoms. The van der Waals surface area contributed by atoms with E-state index in [1.807, 2.05) is 5.43 Å². The van der Waals surface area contributed by atoms with Crippen LogP contribution in [0.25, 0.3) is 0 Å². The van der Waals surface area contributed by atoms with E-state index in [0.717, 1.165) is 0 Å². The van der Waals surface area contributed by atoms with Crippen LogP contribution in [0.2, 0.25) is 0 Å². The zero-order valence-electron chi connectivity index (χ0n) is 2.99. The molecular weight excluding hydrogens is 66.8 g/mol. The smallest absolute Gasteiger partial charge is 0.217 e. The minimum atomic E-state index is -0.218. The Kier molecular flexibility index (Phi) is 1.60. The number of carbonyl (C=O) groups is 1. The van der Waals surface area contributed by atoms with Gasteiger partial charge in [-0.15, -0.1) is 0 Å². The standard InChI is InChI=1S/CH5BN2O/c2-1(5)4-3/h2-3H2,(H,4,5). The quantitative estimate of drug-likeness (QED) is 0.153. The van der Waals surface area contributed by atoms with E-state index in [9.17, 15) is 4.79 Å². The van der Waals surface area contributed by atoms with Gasteiger partial charge in [0.15, 0.2) is 5.81 Å². The molecule has 28 valence electrons. The van der Waals surface area contributed by atoms with Gasteiger partial charge in [0, 0.05) is 0 Å². The van der Waals surface area contributed by atoms with Crippen LogP contribution in [0.4, 0.5) is 4.79 Å². The van der Waals surface area contributed by atoms with Crippen LogP contribution in [0.3, 0.4) is 0 Å². The van der Waals surface area contributed by atoms with Gasteiger partial charge in [0.05, 0.1) is 0 Å². The fourth-order valence-electron chi connectivity index (χ4n) is 0. The van der Waals surface area contributed by atoms with Crippen LogP contribution < -0.4 is 11.3 Å². The van der Waals surface area contributed by atoms with Crippen molar-refractivity contribution >= 4 is 13.7 Å². The lowest BCUT2D eigenvalue weighted by molar-refractivity contribution is 0.260. The van der Waals surface area contributed by atoms with Gasteiger partial charge in [0.1, 0.15) is 0 Å². The normalized spacial score (nSPS) is 6.60. The van der Waals surface area contributed by atoms with Crippen molar-refractivity contribution in [2.45, 2.75) is 0 Å². The van der Waals surface area contributed by atoms with Gasteiger partial charge in [0.2, 0.25) is 7.85 Å². The molecule has 4 heteroatoms. The molecule has 3 N–H and O–H groups in total. The van der Waals surface area contributed by atoms with E-state index < -0.39 is 0 Å². The molecule has 0 saturated carbocycles. The van der Waals surface area contributed by atoms with Gasteiger partial charge in [-0.1, -0.05) is 0 Å². The van der Waals surface area contributed by atoms with Crippen molar-refractivity contribution in [2.24, 2.45) is 5.84 Å². The molecule has 0 aromatic heterocycles. The third-order valence-electron chi connectivity index (χ3n) is 0.203. The fraction of sp³-hybridized carbons (Fsp3) is 0. The molecule has 0 aliphatic heterocycles. The molecule has 0 atom stereocenters. The monoisotopic (exact) mass is 72.0 g/mol. The Morgan fingerprint density at radius 1 is 2.00 bits per heavy atom. The predicted molar refractivity (Wildman–Crippen MR) is 21.3 cm³/mol. The third kappa shape index (κ3) is 3.49. The third-order valence-corrected chi connectivity index (χ3v) is 0.203. The zero-order valence-corrected chi connectivity index (χ0v) is 2.99. The van der Waals surface area contributed by atoms with E-state index in [1.165, 1.54) is 7.85 Å². The lowest BCUT2D eigenvalue weighted by atomic mass is 10.1. The zero-order chi connectivity index (χ0) is 4.28. The molecule has 0 rings (SSSR count). The molecule has 0 aliphatic carbocycles. The van der Waals surface area contributed by atoms with Gasteiger partial charge in [-0.25, -0.2) is 5.84 Å². The van der Waals surface area contributed by atoms with Gasteiger partial charge >= 0.3 is 0 Å². The van der Waals surface area contributed by atoms with Crippen molar-refractivity contribution in [3.63, 3.8) is 0 Å². The van der Waals surface area contributed by atoms with E-state index in [2.05, 4.69) is 5.84 Å². The minimum absolute atomic E-state index is 0.218. The molecule has 0 unspecified atom stereocenters. The van der Waals surface area contributed by atoms with E-state index in [0.29, 0.717) is 0 Å². The van der Waals surface area contributed by atoms with Gasteiger partial charge in [-0.3, -0.25) is 4.79 Å². The van der Waals surface area contributed by atoms with Crippen molar-refractivity contribution in [3.8, 4) is 0 Å². The van der Waals surface area contributed by atoms with Crippen molar-refractivity contribution in [1.29, 1.82) is 0 Å². The van der Waals surface area contributed by atoms with Crippen molar-refractivity contribution in [2.75, 3.05) is 0 Å². The Bertz CT molecular complexity index is 44.9. The van der Waals surface area contributed by atoms with Gasteiger partial charge in [0.25, 0.3) is 0 Å². The first kappa shape index (κ1) is 4.49. The summed E-state index contributed by atoms with van der Waals surface area (Å²) in [6, 6.07) is 0. The number of nitrogens with two attached hydrogens (primary N) is 1. The largest absolute Gasteiger partial charge is 0.304 e. The number of hydrazine groups is 1. The van der Waals surface area contributed by atoms with E-state index in [1.54, 1.807) is 0 Å². The summed E-state index contributed by atoms with van der Waals surface area (Å²) in [5, 5.41) is 0. The molecule has 5 heavy (non-hydrogen) atoms. The average molecular weight is 71.9 g/mol. The molecular formula is CH5BN2O. The van der Waals surface area contributed by atoms with Crippen LogP contribution in [0.5, 0.6) is 0 Å². The number of rotatable bonds is 0. The number of hydrogen-bond acceptors (Lipinski definition) is 2. The Labute approximate surface area is 30.9 Å². The summed E-state index contributed by atoms with van der Waals surface area (Å²) in [5.41, 5.74) is 1.89. The number of carbonyl (C=O) groups excluding carboxylic acids is 1. The first-order chi connectivity index (χ1) is 2.27. The second kappa shape index (κ2) is 1.78. The number of nitrogens with one attached hydrogen (secondary N) is 1. The Morgan fingerprint density at radius 2 is 2.20 bits per heavy atom. The average Bonchev–Trinajstić information content (AvgIpc) is 1.38. The van der Waals surface area contributed by atoms with Crippen LogP contribution in [0.1, 0.15) is 0 Å². The maximum atomic E-state index is 9.58. The highest BCUT2D eigenvalue weighted by Crippen LogP contribution is 1.41. The van der Waals surface area contributed by atoms with Gasteiger partial charge < -0.3 is 5.43 Å². The molecule has 0 bridgehead atoms. The second-order valence-electron chi connectivity index (χ2n) is 0.701. The predicted octanol–water partition coefficient (Wildman–Crippen LogP) is -1.80. The van der Waals surface area contributed by atoms with Crippen molar-refractivity contribution in [3.05, 3.63) is 0 Å². The van der Waals surface area contributed by atoms with Crippen LogP contribution in [0.15, 0.2) is 0 Å². The van der Waals surface area contributed by atoms with Crippen molar-refractivity contribution in [1.82, 2.24) is 5.43 Å². The molecule has 0 saturated heterocycles. The first-order valence-electron chi connectivity index (χ1n) is 1.24. The molecule has 3 nitrogen and oxygen atoms in total. The highest BCUT2D eigenvalue weighted by Gasteiger charge is 1.74. The Morgan fingerprint density at radius 3 is 2.20 bits per heavy atom. The first-order valence-corrected chi connectivity index (χ1v) is 1.24. The summed E-state index contributed by atoms with van der Waals surface area (Å²) >= 11 is 0. The van der Waals surface area contributed by atoms with Crippen molar-refractivity contribution < 1.29 is 4.79 Å². The maximum absolute atomic E-state index is 9.58. The summed E-state index contributed by atoms with van der Waals surface area (Å²) in [6.45, 7) is 0. The van der Waals surface area contributed by atoms with Crippen LogP contribution in [0, 0.1) is 0 Å². The lowest BCUT2D eigenvalue weighted by Gasteiger charge is -1.81. The summed E-state index contributed by atoms with van der Waals surface area (Å²) in [7, 11) is 1.35. The molecule has 0 fully saturated rings. The molecule has 1 amide bonds. The maximum Gasteiger partial charge on any atom is 0.217 e. The minimum Gasteiger partial charge on any atom is -0.304 e. The topological polar surface area (TPSA) is 55.1 Å². The number of amides is 1. The van der Waals surface area contributed by atoms with Crippen LogP contribution in [-0.4, -0.2) is 13.7 Å². The highest BCUT2D eigenvalue weighted by molar-refractivity contribution is 6.56. The Balaban J connectivity index is 2.85. The highest BCUT2D eigenvalue weighted by atomic mass is 16.1. The van der Waals surface area contributed by atoms with E-state index in [-0.39, 0.29) is 5.81 Å². The lowest BCUT2D eigenvalue weighted by Crippen LogP contribution is -2.28.